The quantitative estimate of drug-likeness (QED) is 0.160. The van der Waals surface area contributed by atoms with Gasteiger partial charge < -0.3 is 9.13 Å². The lowest BCUT2D eigenvalue weighted by Gasteiger charge is -2.15. The van der Waals surface area contributed by atoms with E-state index in [1.165, 1.54) is 105 Å². The smallest absolute Gasteiger partial charge is 0.0547 e. The van der Waals surface area contributed by atoms with Crippen molar-refractivity contribution in [2.45, 2.75) is 0 Å². The number of hydrogen-bond donors (Lipinski definition) is 0. The molecule has 0 spiro atoms. The van der Waals surface area contributed by atoms with E-state index in [1.807, 2.05) is 0 Å². The molecule has 0 aliphatic rings. The Balaban J connectivity index is 1.05. The van der Waals surface area contributed by atoms with E-state index in [0.29, 0.717) is 0 Å². The Morgan fingerprint density at radius 2 is 0.733 bits per heavy atom. The van der Waals surface area contributed by atoms with Gasteiger partial charge in [-0.1, -0.05) is 176 Å². The van der Waals surface area contributed by atoms with Gasteiger partial charge in [0.05, 0.1) is 27.8 Å². The topological polar surface area (TPSA) is 9.86 Å². The molecule has 0 radical (unpaired) electrons. The highest BCUT2D eigenvalue weighted by atomic mass is 15.0. The zero-order chi connectivity index (χ0) is 39.6. The second-order valence-corrected chi connectivity index (χ2v) is 15.7. The lowest BCUT2D eigenvalue weighted by molar-refractivity contribution is 1.18. The summed E-state index contributed by atoms with van der Waals surface area (Å²) in [6, 6.07) is 84.1. The Labute approximate surface area is 348 Å². The van der Waals surface area contributed by atoms with Crippen LogP contribution in [0.4, 0.5) is 0 Å². The van der Waals surface area contributed by atoms with Crippen LogP contribution in [0.2, 0.25) is 0 Å². The molecule has 0 saturated heterocycles. The minimum atomic E-state index is 1.14. The zero-order valence-electron chi connectivity index (χ0n) is 32.8. The maximum Gasteiger partial charge on any atom is 0.0547 e. The lowest BCUT2D eigenvalue weighted by atomic mass is 9.96. The van der Waals surface area contributed by atoms with Crippen molar-refractivity contribution in [1.29, 1.82) is 0 Å². The third-order valence-corrected chi connectivity index (χ3v) is 12.3. The Bertz CT molecular complexity index is 3560. The molecule has 2 aromatic heterocycles. The molecule has 2 heterocycles. The van der Waals surface area contributed by atoms with E-state index >= 15 is 0 Å². The Morgan fingerprint density at radius 3 is 1.43 bits per heavy atom. The summed E-state index contributed by atoms with van der Waals surface area (Å²) in [4.78, 5) is 0. The molecular weight excluding hydrogens is 725 g/mol. The summed E-state index contributed by atoms with van der Waals surface area (Å²) in [5.74, 6) is 0. The standard InChI is InChI=1S/C58H38N2/c1-4-15-39(16-5-1)40-27-31-45(32-28-40)59-56-35-30-44(38-52(56)58-47(24-14-26-57(58)59)42-19-8-3-9-20-42)43-29-34-55-51(37-43)50-23-12-13-25-53(50)60(55)54-36-33-46(41-17-6-2-7-18-41)48-21-10-11-22-49(48)54/h1-38H. The van der Waals surface area contributed by atoms with Gasteiger partial charge in [-0.25, -0.2) is 0 Å². The molecule has 0 fully saturated rings. The van der Waals surface area contributed by atoms with Crippen molar-refractivity contribution >= 4 is 54.4 Å². The molecule has 12 rings (SSSR count). The summed E-state index contributed by atoms with van der Waals surface area (Å²) in [6.07, 6.45) is 0. The van der Waals surface area contributed by atoms with Crippen molar-refractivity contribution in [2.24, 2.45) is 0 Å². The molecule has 60 heavy (non-hydrogen) atoms. The molecular formula is C58H38N2. The Kier molecular flexibility index (Phi) is 7.89. The van der Waals surface area contributed by atoms with Crippen LogP contribution in [0, 0.1) is 0 Å². The van der Waals surface area contributed by atoms with E-state index in [-0.39, 0.29) is 0 Å². The molecule has 10 aromatic carbocycles. The third-order valence-electron chi connectivity index (χ3n) is 12.3. The van der Waals surface area contributed by atoms with Gasteiger partial charge in [0.1, 0.15) is 0 Å². The molecule has 0 aliphatic carbocycles. The van der Waals surface area contributed by atoms with Crippen molar-refractivity contribution in [3.8, 4) is 55.9 Å². The highest BCUT2D eigenvalue weighted by molar-refractivity contribution is 6.17. The van der Waals surface area contributed by atoms with Gasteiger partial charge in [-0.3, -0.25) is 0 Å². The molecule has 2 nitrogen and oxygen atoms in total. The minimum absolute atomic E-state index is 1.14. The first-order valence-corrected chi connectivity index (χ1v) is 20.7. The highest BCUT2D eigenvalue weighted by Gasteiger charge is 2.20. The van der Waals surface area contributed by atoms with E-state index in [4.69, 9.17) is 0 Å². The zero-order valence-corrected chi connectivity index (χ0v) is 32.8. The number of benzene rings is 10. The molecule has 0 atom stereocenters. The second-order valence-electron chi connectivity index (χ2n) is 15.7. The van der Waals surface area contributed by atoms with Gasteiger partial charge in [0.15, 0.2) is 0 Å². The maximum absolute atomic E-state index is 2.46. The summed E-state index contributed by atoms with van der Waals surface area (Å²) in [5, 5.41) is 7.46. The van der Waals surface area contributed by atoms with Crippen molar-refractivity contribution in [3.05, 3.63) is 231 Å². The Morgan fingerprint density at radius 1 is 0.233 bits per heavy atom. The SMILES string of the molecule is c1ccc(-c2ccc(-n3c4ccc(-c5ccc6c(c5)c5ccccc5n6-c5ccc(-c6ccccc6)c6ccccc56)cc4c4c(-c5ccccc5)cccc43)cc2)cc1. The van der Waals surface area contributed by atoms with Crippen LogP contribution in [-0.2, 0) is 0 Å². The third kappa shape index (κ3) is 5.42. The fourth-order valence-corrected chi connectivity index (χ4v) is 9.58. The summed E-state index contributed by atoms with van der Waals surface area (Å²) >= 11 is 0. The molecule has 280 valence electrons. The van der Waals surface area contributed by atoms with Gasteiger partial charge in [-0.15, -0.1) is 0 Å². The number of hydrogen-bond acceptors (Lipinski definition) is 0. The molecule has 0 saturated carbocycles. The number of rotatable bonds is 6. The van der Waals surface area contributed by atoms with Crippen LogP contribution in [-0.4, -0.2) is 9.13 Å². The molecule has 0 N–H and O–H groups in total. The van der Waals surface area contributed by atoms with Crippen molar-refractivity contribution in [1.82, 2.24) is 9.13 Å². The van der Waals surface area contributed by atoms with Crippen LogP contribution >= 0.6 is 0 Å². The molecule has 0 aliphatic heterocycles. The fourth-order valence-electron chi connectivity index (χ4n) is 9.58. The second kappa shape index (κ2) is 13.9. The van der Waals surface area contributed by atoms with Gasteiger partial charge in [0.2, 0.25) is 0 Å². The van der Waals surface area contributed by atoms with E-state index in [1.54, 1.807) is 0 Å². The van der Waals surface area contributed by atoms with Crippen molar-refractivity contribution < 1.29 is 0 Å². The number of aromatic nitrogens is 2. The molecule has 0 unspecified atom stereocenters. The van der Waals surface area contributed by atoms with Crippen LogP contribution in [0.1, 0.15) is 0 Å². The molecule has 0 bridgehead atoms. The summed E-state index contributed by atoms with van der Waals surface area (Å²) in [6.45, 7) is 0. The number of para-hydroxylation sites is 1. The number of fused-ring (bicyclic) bond motifs is 7. The molecule has 2 heteroatoms. The predicted octanol–water partition coefficient (Wildman–Crippen LogP) is 15.7. The van der Waals surface area contributed by atoms with Crippen LogP contribution < -0.4 is 0 Å². The van der Waals surface area contributed by atoms with Gasteiger partial charge in [0.25, 0.3) is 0 Å². The predicted molar refractivity (Wildman–Crippen MR) is 254 cm³/mol. The van der Waals surface area contributed by atoms with Crippen LogP contribution in [0.3, 0.4) is 0 Å². The Hall–Kier alpha value is -7.94. The summed E-state index contributed by atoms with van der Waals surface area (Å²) < 4.78 is 4.89. The van der Waals surface area contributed by atoms with E-state index < -0.39 is 0 Å². The first-order chi connectivity index (χ1) is 29.8. The lowest BCUT2D eigenvalue weighted by Crippen LogP contribution is -1.96. The highest BCUT2D eigenvalue weighted by Crippen LogP contribution is 2.43. The maximum atomic E-state index is 2.46. The van der Waals surface area contributed by atoms with Crippen LogP contribution in [0.25, 0.3) is 110 Å². The van der Waals surface area contributed by atoms with Gasteiger partial charge in [-0.2, -0.15) is 0 Å². The summed E-state index contributed by atoms with van der Waals surface area (Å²) in [7, 11) is 0. The van der Waals surface area contributed by atoms with Crippen LogP contribution in [0.15, 0.2) is 231 Å². The van der Waals surface area contributed by atoms with E-state index in [9.17, 15) is 0 Å². The average Bonchev–Trinajstić information content (AvgIpc) is 3.84. The first kappa shape index (κ1) is 34.1. The van der Waals surface area contributed by atoms with Crippen molar-refractivity contribution in [3.63, 3.8) is 0 Å². The summed E-state index contributed by atoms with van der Waals surface area (Å²) in [5.41, 5.74) is 16.8. The fraction of sp³-hybridized carbons (Fsp3) is 0. The minimum Gasteiger partial charge on any atom is -0.309 e. The normalized spacial score (nSPS) is 11.7. The van der Waals surface area contributed by atoms with E-state index in [0.717, 1.165) is 5.69 Å². The van der Waals surface area contributed by atoms with E-state index in [2.05, 4.69) is 240 Å². The number of nitrogens with zero attached hydrogens (tertiary/aromatic N) is 2. The molecule has 0 amide bonds. The van der Waals surface area contributed by atoms with Gasteiger partial charge in [-0.05, 0) is 104 Å². The van der Waals surface area contributed by atoms with Crippen LogP contribution in [0.5, 0.6) is 0 Å². The monoisotopic (exact) mass is 762 g/mol. The largest absolute Gasteiger partial charge is 0.309 e. The van der Waals surface area contributed by atoms with Gasteiger partial charge >= 0.3 is 0 Å². The van der Waals surface area contributed by atoms with Crippen molar-refractivity contribution in [2.75, 3.05) is 0 Å². The first-order valence-electron chi connectivity index (χ1n) is 20.7. The molecule has 12 aromatic rings. The van der Waals surface area contributed by atoms with Gasteiger partial charge in [0, 0.05) is 32.6 Å². The average molecular weight is 763 g/mol.